The van der Waals surface area contributed by atoms with E-state index in [1.54, 1.807) is 116 Å². The lowest BCUT2D eigenvalue weighted by atomic mass is 10.5. The van der Waals surface area contributed by atoms with Crippen molar-refractivity contribution in [2.45, 2.75) is 0 Å². The lowest BCUT2D eigenvalue weighted by molar-refractivity contribution is 0.592. The van der Waals surface area contributed by atoms with Crippen molar-refractivity contribution in [3.63, 3.8) is 0 Å². The molecule has 5 aromatic heterocycles. The van der Waals surface area contributed by atoms with Gasteiger partial charge in [-0.3, -0.25) is 24.9 Å². The fraction of sp³-hybridized carbons (Fsp3) is 0. The first-order valence-electron chi connectivity index (χ1n) is 10.4. The summed E-state index contributed by atoms with van der Waals surface area (Å²) < 4.78 is 29.5. The van der Waals surface area contributed by atoms with Gasteiger partial charge in [-0.15, -0.1) is 0 Å². The quantitative estimate of drug-likeness (QED) is 0.341. The molecule has 0 spiro atoms. The lowest BCUT2D eigenvalue weighted by Gasteiger charge is -2.22. The van der Waals surface area contributed by atoms with E-state index in [2.05, 4.69) is 24.9 Å². The second kappa shape index (κ2) is 9.22. The Morgan fingerprint density at radius 3 is 1.26 bits per heavy atom. The topological polar surface area (TPSA) is 98.6 Å². The van der Waals surface area contributed by atoms with Crippen molar-refractivity contribution in [3.8, 4) is 0 Å². The summed E-state index contributed by atoms with van der Waals surface area (Å²) in [5, 5.41) is 2.64. The highest BCUT2D eigenvalue weighted by molar-refractivity contribution is 7.86. The van der Waals surface area contributed by atoms with Crippen LogP contribution in [0.25, 0.3) is 0 Å². The third kappa shape index (κ3) is 3.79. The molecule has 0 amide bonds. The van der Waals surface area contributed by atoms with Crippen LogP contribution >= 0.6 is 14.3 Å². The van der Waals surface area contributed by atoms with Gasteiger partial charge in [0.05, 0.1) is 0 Å². The zero-order chi connectivity index (χ0) is 23.4. The second-order valence-corrected chi connectivity index (χ2v) is 12.9. The molecular weight excluding hydrogens is 464 g/mol. The highest BCUT2D eigenvalue weighted by Crippen LogP contribution is 2.44. The molecule has 166 valence electrons. The smallest absolute Gasteiger partial charge is 0.191 e. The Balaban J connectivity index is 1.76. The molecule has 0 saturated carbocycles. The van der Waals surface area contributed by atoms with Gasteiger partial charge in [0.15, 0.2) is 14.3 Å². The van der Waals surface area contributed by atoms with Crippen LogP contribution < -0.4 is 32.0 Å². The van der Waals surface area contributed by atoms with E-state index in [1.807, 2.05) is 0 Å². The number of hydrogen-bond donors (Lipinski definition) is 0. The molecule has 0 saturated heterocycles. The maximum Gasteiger partial charge on any atom is 0.191 e. The predicted molar refractivity (Wildman–Crippen MR) is 134 cm³/mol. The van der Waals surface area contributed by atoms with Crippen LogP contribution in [-0.2, 0) is 9.13 Å². The first-order valence-corrected chi connectivity index (χ1v) is 13.8. The monoisotopic (exact) mass is 483 g/mol. The Labute approximate surface area is 196 Å². The third-order valence-corrected chi connectivity index (χ3v) is 11.3. The van der Waals surface area contributed by atoms with E-state index >= 15 is 0 Å². The largest absolute Gasteiger partial charge is 0.309 e. The molecule has 9 heteroatoms. The Morgan fingerprint density at radius 1 is 0.471 bits per heavy atom. The average molecular weight is 483 g/mol. The summed E-state index contributed by atoms with van der Waals surface area (Å²) in [6, 6.07) is 17.4. The summed E-state index contributed by atoms with van der Waals surface area (Å²) >= 11 is 0. The Hall–Kier alpha value is -3.79. The molecule has 0 bridgehead atoms. The SMILES string of the molecule is O=P(c1cccnc1)(c1cccnc1)c1ccnc(P(=O)(c2cccnc2)c2cccnc2)c1. The molecule has 0 aromatic carbocycles. The molecule has 5 heterocycles. The molecule has 0 aliphatic carbocycles. The van der Waals surface area contributed by atoms with E-state index in [-0.39, 0.29) is 0 Å². The van der Waals surface area contributed by atoms with E-state index in [1.165, 1.54) is 0 Å². The van der Waals surface area contributed by atoms with Gasteiger partial charge in [-0.2, -0.15) is 0 Å². The van der Waals surface area contributed by atoms with E-state index in [0.717, 1.165) is 0 Å². The van der Waals surface area contributed by atoms with Gasteiger partial charge in [0.1, 0.15) is 5.44 Å². The van der Waals surface area contributed by atoms with Gasteiger partial charge in [0.2, 0.25) is 0 Å². The van der Waals surface area contributed by atoms with E-state index in [9.17, 15) is 9.13 Å². The minimum Gasteiger partial charge on any atom is -0.309 e. The molecular formula is C25H19N5O2P2. The zero-order valence-electron chi connectivity index (χ0n) is 17.9. The number of aromatic nitrogens is 5. The van der Waals surface area contributed by atoms with Gasteiger partial charge in [-0.05, 0) is 60.7 Å². The first-order chi connectivity index (χ1) is 16.6. The number of rotatable bonds is 6. The normalized spacial score (nSPS) is 11.8. The van der Waals surface area contributed by atoms with Crippen LogP contribution in [0.5, 0.6) is 0 Å². The van der Waals surface area contributed by atoms with Gasteiger partial charge in [0.25, 0.3) is 0 Å². The molecule has 0 unspecified atom stereocenters. The Bertz CT molecular complexity index is 1300. The standard InChI is InChI=1S/C25H19N5O2P2/c31-33(21-5-1-10-26-16-21,22-6-2-11-27-17-22)20-9-14-30-25(15-20)34(32,23-7-3-12-28-18-23)24-8-4-13-29-19-24/h1-19H. The molecule has 0 atom stereocenters. The van der Waals surface area contributed by atoms with Gasteiger partial charge < -0.3 is 9.13 Å². The highest BCUT2D eigenvalue weighted by atomic mass is 31.2. The third-order valence-electron chi connectivity index (χ3n) is 5.45. The lowest BCUT2D eigenvalue weighted by Crippen LogP contribution is -2.32. The van der Waals surface area contributed by atoms with Gasteiger partial charge in [-0.1, -0.05) is 0 Å². The summed E-state index contributed by atoms with van der Waals surface area (Å²) in [7, 11) is -6.82. The van der Waals surface area contributed by atoms with Crippen LogP contribution in [0.15, 0.2) is 116 Å². The molecule has 0 radical (unpaired) electrons. The first kappa shape index (κ1) is 22.0. The molecule has 34 heavy (non-hydrogen) atoms. The van der Waals surface area contributed by atoms with Gasteiger partial charge >= 0.3 is 0 Å². The van der Waals surface area contributed by atoms with Crippen molar-refractivity contribution in [1.29, 1.82) is 0 Å². The Kier molecular flexibility index (Phi) is 5.97. The molecule has 5 aromatic rings. The maximum absolute atomic E-state index is 14.7. The van der Waals surface area contributed by atoms with Crippen molar-refractivity contribution < 1.29 is 9.13 Å². The molecule has 0 fully saturated rings. The van der Waals surface area contributed by atoms with Crippen LogP contribution in [0, 0.1) is 0 Å². The van der Waals surface area contributed by atoms with Crippen LogP contribution in [0.3, 0.4) is 0 Å². The van der Waals surface area contributed by atoms with Crippen LogP contribution in [-0.4, -0.2) is 24.9 Å². The summed E-state index contributed by atoms with van der Waals surface area (Å²) in [4.78, 5) is 21.2. The average Bonchev–Trinajstić information content (AvgIpc) is 2.94. The summed E-state index contributed by atoms with van der Waals surface area (Å²) in [5.74, 6) is 0. The summed E-state index contributed by atoms with van der Waals surface area (Å²) in [5.41, 5.74) is 0.305. The van der Waals surface area contributed by atoms with Crippen molar-refractivity contribution >= 4 is 46.2 Å². The second-order valence-electron chi connectivity index (χ2n) is 7.44. The van der Waals surface area contributed by atoms with Gasteiger partial charge in [0, 0.05) is 82.3 Å². The van der Waals surface area contributed by atoms with Crippen molar-refractivity contribution in [2.75, 3.05) is 0 Å². The Morgan fingerprint density at radius 2 is 0.882 bits per heavy atom. The van der Waals surface area contributed by atoms with Crippen LogP contribution in [0.4, 0.5) is 0 Å². The molecule has 7 nitrogen and oxygen atoms in total. The van der Waals surface area contributed by atoms with Crippen LogP contribution in [0.2, 0.25) is 0 Å². The fourth-order valence-corrected chi connectivity index (χ4v) is 8.85. The fourth-order valence-electron chi connectivity index (χ4n) is 3.80. The molecule has 0 N–H and O–H groups in total. The number of pyridine rings is 5. The van der Waals surface area contributed by atoms with Crippen LogP contribution in [0.1, 0.15) is 0 Å². The summed E-state index contributed by atoms with van der Waals surface area (Å²) in [6.07, 6.45) is 14.4. The van der Waals surface area contributed by atoms with Crippen molar-refractivity contribution in [1.82, 2.24) is 24.9 Å². The minimum absolute atomic E-state index is 0.305. The minimum atomic E-state index is -3.44. The molecule has 0 aliphatic rings. The maximum atomic E-state index is 14.7. The molecule has 0 aliphatic heterocycles. The van der Waals surface area contributed by atoms with Crippen molar-refractivity contribution in [3.05, 3.63) is 116 Å². The van der Waals surface area contributed by atoms with Crippen molar-refractivity contribution in [2.24, 2.45) is 0 Å². The summed E-state index contributed by atoms with van der Waals surface area (Å²) in [6.45, 7) is 0. The van der Waals surface area contributed by atoms with E-state index in [4.69, 9.17) is 0 Å². The van der Waals surface area contributed by atoms with E-state index in [0.29, 0.717) is 32.0 Å². The highest BCUT2D eigenvalue weighted by Gasteiger charge is 2.36. The predicted octanol–water partition coefficient (Wildman–Crippen LogP) is 1.94. The number of nitrogens with zero attached hydrogens (tertiary/aromatic N) is 5. The number of hydrogen-bond acceptors (Lipinski definition) is 7. The van der Waals surface area contributed by atoms with E-state index < -0.39 is 14.3 Å². The zero-order valence-corrected chi connectivity index (χ0v) is 19.7. The van der Waals surface area contributed by atoms with Gasteiger partial charge in [-0.25, -0.2) is 0 Å². The molecule has 5 rings (SSSR count).